The molecule has 1 aromatic heterocycles. The summed E-state index contributed by atoms with van der Waals surface area (Å²) in [5.41, 5.74) is 0.0449. The van der Waals surface area contributed by atoms with Crippen LogP contribution in [0.15, 0.2) is 11.1 Å². The Bertz CT molecular complexity index is 424. The zero-order valence-electron chi connectivity index (χ0n) is 10.8. The highest BCUT2D eigenvalue weighted by Gasteiger charge is 2.17. The number of rotatable bonds is 6. The van der Waals surface area contributed by atoms with E-state index in [0.29, 0.717) is 17.1 Å². The minimum atomic E-state index is -1.04. The molecule has 0 saturated heterocycles. The Kier molecular flexibility index (Phi) is 5.55. The van der Waals surface area contributed by atoms with Crippen LogP contribution in [-0.2, 0) is 0 Å². The van der Waals surface area contributed by atoms with Gasteiger partial charge in [-0.1, -0.05) is 20.8 Å². The van der Waals surface area contributed by atoms with Gasteiger partial charge in [-0.25, -0.2) is 14.8 Å². The van der Waals surface area contributed by atoms with Crippen LogP contribution in [0.5, 0.6) is 0 Å². The van der Waals surface area contributed by atoms with Crippen molar-refractivity contribution in [2.45, 2.75) is 43.3 Å². The van der Waals surface area contributed by atoms with Crippen LogP contribution in [0.25, 0.3) is 0 Å². The van der Waals surface area contributed by atoms with E-state index in [-0.39, 0.29) is 23.5 Å². The van der Waals surface area contributed by atoms with E-state index in [1.807, 2.05) is 20.8 Å². The molecule has 6 heteroatoms. The van der Waals surface area contributed by atoms with E-state index in [1.54, 1.807) is 6.20 Å². The number of nitrogens with zero attached hydrogens (tertiary/aromatic N) is 2. The van der Waals surface area contributed by atoms with Crippen LogP contribution in [0, 0.1) is 0 Å². The molecule has 0 aliphatic rings. The number of aromatic carboxylic acids is 1. The Morgan fingerprint density at radius 3 is 2.61 bits per heavy atom. The minimum Gasteiger partial charge on any atom is -0.476 e. The Morgan fingerprint density at radius 1 is 1.44 bits per heavy atom. The van der Waals surface area contributed by atoms with Crippen molar-refractivity contribution in [3.8, 4) is 0 Å². The van der Waals surface area contributed by atoms with Crippen LogP contribution in [0.3, 0.4) is 0 Å². The molecule has 0 aliphatic heterocycles. The highest BCUT2D eigenvalue weighted by molar-refractivity contribution is 8.00. The molecule has 0 radical (unpaired) electrons. The van der Waals surface area contributed by atoms with Crippen molar-refractivity contribution < 1.29 is 15.0 Å². The van der Waals surface area contributed by atoms with Gasteiger partial charge in [-0.3, -0.25) is 0 Å². The van der Waals surface area contributed by atoms with Gasteiger partial charge in [0.05, 0.1) is 4.90 Å². The van der Waals surface area contributed by atoms with E-state index in [9.17, 15) is 4.79 Å². The van der Waals surface area contributed by atoms with Gasteiger partial charge in [-0.05, 0) is 6.42 Å². The second kappa shape index (κ2) is 6.70. The van der Waals surface area contributed by atoms with Crippen LogP contribution in [0.2, 0.25) is 0 Å². The minimum absolute atomic E-state index is 0.0449. The number of carboxylic acid groups (broad SMARTS) is 1. The summed E-state index contributed by atoms with van der Waals surface area (Å²) in [7, 11) is 0. The van der Waals surface area contributed by atoms with Gasteiger partial charge in [-0.2, -0.15) is 0 Å². The summed E-state index contributed by atoms with van der Waals surface area (Å²) in [6.07, 6.45) is 2.17. The molecule has 5 nitrogen and oxygen atoms in total. The van der Waals surface area contributed by atoms with Crippen LogP contribution in [0.4, 0.5) is 0 Å². The zero-order valence-corrected chi connectivity index (χ0v) is 11.6. The molecule has 0 amide bonds. The molecule has 1 atom stereocenters. The highest BCUT2D eigenvalue weighted by Crippen LogP contribution is 2.27. The van der Waals surface area contributed by atoms with Gasteiger partial charge in [0, 0.05) is 24.0 Å². The number of thioether (sulfide) groups is 1. The molecule has 1 rings (SSSR count). The molecule has 0 bridgehead atoms. The fourth-order valence-electron chi connectivity index (χ4n) is 1.36. The number of aliphatic hydroxyl groups excluding tert-OH is 1. The molecule has 0 aromatic carbocycles. The number of carbonyl (C=O) groups is 1. The van der Waals surface area contributed by atoms with Gasteiger partial charge in [-0.15, -0.1) is 11.8 Å². The summed E-state index contributed by atoms with van der Waals surface area (Å²) in [5, 5.41) is 18.1. The summed E-state index contributed by atoms with van der Waals surface area (Å²) < 4.78 is 0. The Morgan fingerprint density at radius 2 is 2.11 bits per heavy atom. The third-order valence-corrected chi connectivity index (χ3v) is 3.55. The molecular weight excluding hydrogens is 252 g/mol. The van der Waals surface area contributed by atoms with Gasteiger partial charge in [0.1, 0.15) is 5.82 Å². The maximum Gasteiger partial charge on any atom is 0.355 e. The lowest BCUT2D eigenvalue weighted by atomic mass is 10.2. The first-order valence-electron chi connectivity index (χ1n) is 5.83. The molecule has 1 unspecified atom stereocenters. The van der Waals surface area contributed by atoms with Gasteiger partial charge in [0.25, 0.3) is 0 Å². The Hall–Kier alpha value is -1.14. The quantitative estimate of drug-likeness (QED) is 0.771. The summed E-state index contributed by atoms with van der Waals surface area (Å²) in [6, 6.07) is 0. The predicted molar refractivity (Wildman–Crippen MR) is 70.1 cm³/mol. The Balaban J connectivity index is 3.00. The van der Waals surface area contributed by atoms with E-state index >= 15 is 0 Å². The third-order valence-electron chi connectivity index (χ3n) is 2.36. The summed E-state index contributed by atoms with van der Waals surface area (Å²) >= 11 is 1.38. The third kappa shape index (κ3) is 3.96. The summed E-state index contributed by atoms with van der Waals surface area (Å²) in [4.78, 5) is 20.0. The van der Waals surface area contributed by atoms with Crippen molar-refractivity contribution >= 4 is 17.7 Å². The first kappa shape index (κ1) is 14.9. The van der Waals surface area contributed by atoms with E-state index in [4.69, 9.17) is 10.2 Å². The van der Waals surface area contributed by atoms with Crippen LogP contribution >= 0.6 is 11.8 Å². The van der Waals surface area contributed by atoms with E-state index in [0.717, 1.165) is 0 Å². The van der Waals surface area contributed by atoms with Crippen molar-refractivity contribution in [2.75, 3.05) is 6.61 Å². The fourth-order valence-corrected chi connectivity index (χ4v) is 2.37. The van der Waals surface area contributed by atoms with Crippen molar-refractivity contribution in [1.82, 2.24) is 9.97 Å². The van der Waals surface area contributed by atoms with Crippen molar-refractivity contribution in [3.63, 3.8) is 0 Å². The number of aliphatic hydroxyl groups is 1. The second-order valence-corrected chi connectivity index (χ2v) is 5.82. The lowest BCUT2D eigenvalue weighted by Gasteiger charge is -2.12. The smallest absolute Gasteiger partial charge is 0.355 e. The van der Waals surface area contributed by atoms with Crippen LogP contribution in [-0.4, -0.2) is 38.0 Å². The number of carboxylic acids is 1. The average Bonchev–Trinajstić information content (AvgIpc) is 2.29. The van der Waals surface area contributed by atoms with Gasteiger partial charge in [0.15, 0.2) is 5.69 Å². The lowest BCUT2D eigenvalue weighted by Crippen LogP contribution is -2.10. The molecule has 0 aliphatic carbocycles. The monoisotopic (exact) mass is 270 g/mol. The molecule has 1 heterocycles. The number of aromatic nitrogens is 2. The largest absolute Gasteiger partial charge is 0.476 e. The van der Waals surface area contributed by atoms with Crippen LogP contribution in [0.1, 0.15) is 49.4 Å². The fraction of sp³-hybridized carbons (Fsp3) is 0.583. The van der Waals surface area contributed by atoms with Gasteiger partial charge < -0.3 is 10.2 Å². The molecule has 0 spiro atoms. The number of hydrogen-bond acceptors (Lipinski definition) is 5. The van der Waals surface area contributed by atoms with Crippen molar-refractivity contribution in [2.24, 2.45) is 0 Å². The first-order valence-corrected chi connectivity index (χ1v) is 6.71. The normalized spacial score (nSPS) is 12.7. The van der Waals surface area contributed by atoms with Crippen LogP contribution < -0.4 is 0 Å². The Labute approximate surface area is 111 Å². The predicted octanol–water partition coefficient (Wildman–Crippen LogP) is 2.16. The van der Waals surface area contributed by atoms with E-state index in [2.05, 4.69) is 9.97 Å². The maximum absolute atomic E-state index is 11.2. The SMILES string of the molecule is CC(CCO)Sc1cnc(C(C)C)nc1C(=O)O. The lowest BCUT2D eigenvalue weighted by molar-refractivity contribution is 0.0685. The molecule has 0 fully saturated rings. The van der Waals surface area contributed by atoms with Gasteiger partial charge in [0.2, 0.25) is 0 Å². The summed E-state index contributed by atoms with van der Waals surface area (Å²) in [5.74, 6) is -0.415. The topological polar surface area (TPSA) is 83.3 Å². The highest BCUT2D eigenvalue weighted by atomic mass is 32.2. The maximum atomic E-state index is 11.2. The molecule has 18 heavy (non-hydrogen) atoms. The molecule has 2 N–H and O–H groups in total. The van der Waals surface area contributed by atoms with Crippen molar-refractivity contribution in [3.05, 3.63) is 17.7 Å². The van der Waals surface area contributed by atoms with E-state index in [1.165, 1.54) is 11.8 Å². The molecular formula is C12H18N2O3S. The second-order valence-electron chi connectivity index (χ2n) is 4.34. The van der Waals surface area contributed by atoms with Crippen molar-refractivity contribution in [1.29, 1.82) is 0 Å². The number of hydrogen-bond donors (Lipinski definition) is 2. The molecule has 0 saturated carbocycles. The average molecular weight is 270 g/mol. The zero-order chi connectivity index (χ0) is 13.7. The van der Waals surface area contributed by atoms with E-state index < -0.39 is 5.97 Å². The first-order chi connectivity index (χ1) is 8.45. The standard InChI is InChI=1S/C12H18N2O3S/c1-7(2)11-13-6-9(10(14-11)12(16)17)18-8(3)4-5-15/h6-8,15H,4-5H2,1-3H3,(H,16,17). The summed E-state index contributed by atoms with van der Waals surface area (Å²) in [6.45, 7) is 5.86. The molecule has 100 valence electrons. The van der Waals surface area contributed by atoms with Gasteiger partial charge >= 0.3 is 5.97 Å². The molecule has 1 aromatic rings.